The summed E-state index contributed by atoms with van der Waals surface area (Å²) in [4.78, 5) is 24.6. The van der Waals surface area contributed by atoms with Crippen LogP contribution in [0.5, 0.6) is 0 Å². The van der Waals surface area contributed by atoms with E-state index in [1.165, 1.54) is 4.90 Å². The number of nitrogens with zero attached hydrogens (tertiary/aromatic N) is 2. The lowest BCUT2D eigenvalue weighted by Crippen LogP contribution is -2.41. The van der Waals surface area contributed by atoms with Gasteiger partial charge in [-0.1, -0.05) is 24.3 Å². The number of fused-ring (bicyclic) bond motifs is 4. The van der Waals surface area contributed by atoms with Crippen LogP contribution in [0.25, 0.3) is 0 Å². The van der Waals surface area contributed by atoms with Crippen molar-refractivity contribution >= 4 is 11.9 Å². The van der Waals surface area contributed by atoms with Crippen LogP contribution in [0.15, 0.2) is 24.3 Å². The molecule has 1 fully saturated rings. The van der Waals surface area contributed by atoms with Crippen molar-refractivity contribution in [3.05, 3.63) is 35.4 Å². The number of rotatable bonds is 1. The second-order valence-electron chi connectivity index (χ2n) is 4.23. The zero-order chi connectivity index (χ0) is 12.2. The number of hydroxylamine groups is 2. The summed E-state index contributed by atoms with van der Waals surface area (Å²) in [6.07, 6.45) is 0. The fourth-order valence-electron chi connectivity index (χ4n) is 2.59. The van der Waals surface area contributed by atoms with Gasteiger partial charge in [0.05, 0.1) is 6.54 Å². The van der Waals surface area contributed by atoms with Gasteiger partial charge in [0, 0.05) is 0 Å². The van der Waals surface area contributed by atoms with Gasteiger partial charge in [-0.3, -0.25) is 10.0 Å². The summed E-state index contributed by atoms with van der Waals surface area (Å²) in [5, 5.41) is 10.4. The highest BCUT2D eigenvalue weighted by Crippen LogP contribution is 2.42. The molecule has 1 aromatic carbocycles. The average molecular weight is 233 g/mol. The van der Waals surface area contributed by atoms with E-state index in [2.05, 4.69) is 0 Å². The van der Waals surface area contributed by atoms with E-state index in [9.17, 15) is 14.8 Å². The summed E-state index contributed by atoms with van der Waals surface area (Å²) in [6, 6.07) is 5.39. The molecule has 0 radical (unpaired) electrons. The number of benzene rings is 1. The molecule has 0 unspecified atom stereocenters. The van der Waals surface area contributed by atoms with Crippen molar-refractivity contribution in [3.8, 4) is 0 Å². The Morgan fingerprint density at radius 3 is 2.65 bits per heavy atom. The normalized spacial score (nSPS) is 26.1. The Bertz CT molecular complexity index is 516. The molecule has 0 aromatic heterocycles. The summed E-state index contributed by atoms with van der Waals surface area (Å²) in [6.45, 7) is 0.292. The third-order valence-electron chi connectivity index (χ3n) is 3.34. The first-order chi connectivity index (χ1) is 8.11. The molecule has 2 aliphatic heterocycles. The minimum atomic E-state index is -0.785. The van der Waals surface area contributed by atoms with Crippen molar-refractivity contribution in [2.24, 2.45) is 5.73 Å². The van der Waals surface area contributed by atoms with Crippen LogP contribution < -0.4 is 5.73 Å². The van der Waals surface area contributed by atoms with Crippen LogP contribution in [-0.2, 0) is 4.79 Å². The van der Waals surface area contributed by atoms with E-state index >= 15 is 0 Å². The number of urea groups is 1. The topological polar surface area (TPSA) is 86.9 Å². The van der Waals surface area contributed by atoms with Gasteiger partial charge in [-0.2, -0.15) is 5.06 Å². The Morgan fingerprint density at radius 2 is 2.00 bits per heavy atom. The quantitative estimate of drug-likeness (QED) is 0.688. The Kier molecular flexibility index (Phi) is 1.90. The van der Waals surface area contributed by atoms with Gasteiger partial charge >= 0.3 is 6.03 Å². The predicted octanol–water partition coefficient (Wildman–Crippen LogP) is 0.395. The molecule has 2 bridgehead atoms. The van der Waals surface area contributed by atoms with Gasteiger partial charge in [0.2, 0.25) is 5.91 Å². The summed E-state index contributed by atoms with van der Waals surface area (Å²) in [7, 11) is 0. The molecule has 2 atom stereocenters. The molecule has 1 aromatic rings. The molecule has 2 heterocycles. The first-order valence-electron chi connectivity index (χ1n) is 5.28. The number of nitrogens with two attached hydrogens (primary N) is 1. The van der Waals surface area contributed by atoms with Crippen LogP contribution in [0.1, 0.15) is 23.2 Å². The van der Waals surface area contributed by atoms with Gasteiger partial charge in [-0.15, -0.1) is 0 Å². The molecule has 0 aliphatic carbocycles. The van der Waals surface area contributed by atoms with Crippen LogP contribution in [0.3, 0.4) is 0 Å². The Morgan fingerprint density at radius 1 is 1.35 bits per heavy atom. The molecule has 3 amide bonds. The SMILES string of the molecule is NC(=O)[C@H]1c2ccccc2[C@H]2CN1C(=O)N2O. The zero-order valence-corrected chi connectivity index (χ0v) is 8.91. The summed E-state index contributed by atoms with van der Waals surface area (Å²) in [5.74, 6) is -0.584. The van der Waals surface area contributed by atoms with Gasteiger partial charge < -0.3 is 10.6 Å². The summed E-state index contributed by atoms with van der Waals surface area (Å²) in [5.41, 5.74) is 6.82. The van der Waals surface area contributed by atoms with Crippen LogP contribution in [-0.4, -0.2) is 33.7 Å². The fourth-order valence-corrected chi connectivity index (χ4v) is 2.59. The third-order valence-corrected chi connectivity index (χ3v) is 3.34. The van der Waals surface area contributed by atoms with E-state index in [4.69, 9.17) is 5.73 Å². The highest BCUT2D eigenvalue weighted by atomic mass is 16.5. The van der Waals surface area contributed by atoms with Crippen molar-refractivity contribution in [2.45, 2.75) is 12.1 Å². The molecule has 0 saturated carbocycles. The van der Waals surface area contributed by atoms with Crippen molar-refractivity contribution < 1.29 is 14.8 Å². The lowest BCUT2D eigenvalue weighted by Gasteiger charge is -2.30. The molecule has 6 heteroatoms. The van der Waals surface area contributed by atoms with Crippen LogP contribution in [0.2, 0.25) is 0 Å². The fraction of sp³-hybridized carbons (Fsp3) is 0.273. The summed E-state index contributed by atoms with van der Waals surface area (Å²) >= 11 is 0. The van der Waals surface area contributed by atoms with Crippen molar-refractivity contribution in [3.63, 3.8) is 0 Å². The van der Waals surface area contributed by atoms with Crippen molar-refractivity contribution in [1.82, 2.24) is 9.96 Å². The monoisotopic (exact) mass is 233 g/mol. The molecular weight excluding hydrogens is 222 g/mol. The maximum absolute atomic E-state index is 11.8. The third kappa shape index (κ3) is 1.18. The van der Waals surface area contributed by atoms with E-state index in [1.54, 1.807) is 18.2 Å². The maximum Gasteiger partial charge on any atom is 0.345 e. The standard InChI is InChI=1S/C11H11N3O3/c12-10(15)9-7-4-2-1-3-6(7)8-5-13(9)11(16)14(8)17/h1-4,8-9,17H,5H2,(H2,12,15)/t8-,9-/m1/s1. The van der Waals surface area contributed by atoms with Gasteiger partial charge in [0.15, 0.2) is 0 Å². The Labute approximate surface area is 97.2 Å². The van der Waals surface area contributed by atoms with Gasteiger partial charge in [-0.05, 0) is 11.1 Å². The van der Waals surface area contributed by atoms with Gasteiger partial charge in [-0.25, -0.2) is 4.79 Å². The van der Waals surface area contributed by atoms with Crippen molar-refractivity contribution in [1.29, 1.82) is 0 Å². The molecule has 2 aliphatic rings. The van der Waals surface area contributed by atoms with E-state index in [0.29, 0.717) is 17.2 Å². The Balaban J connectivity index is 2.21. The lowest BCUT2D eigenvalue weighted by molar-refractivity contribution is -0.122. The van der Waals surface area contributed by atoms with Gasteiger partial charge in [0.25, 0.3) is 0 Å². The van der Waals surface area contributed by atoms with E-state index in [-0.39, 0.29) is 0 Å². The lowest BCUT2D eigenvalue weighted by atomic mass is 9.91. The van der Waals surface area contributed by atoms with Crippen molar-refractivity contribution in [2.75, 3.05) is 6.54 Å². The molecule has 3 rings (SSSR count). The number of hydrogen-bond acceptors (Lipinski definition) is 3. The van der Waals surface area contributed by atoms with E-state index in [1.807, 2.05) is 6.07 Å². The largest absolute Gasteiger partial charge is 0.368 e. The number of hydrogen-bond donors (Lipinski definition) is 2. The number of carbonyl (C=O) groups excluding carboxylic acids is 2. The first-order valence-corrected chi connectivity index (χ1v) is 5.28. The molecule has 3 N–H and O–H groups in total. The molecule has 17 heavy (non-hydrogen) atoms. The van der Waals surface area contributed by atoms with Gasteiger partial charge in [0.1, 0.15) is 12.1 Å². The second-order valence-corrected chi connectivity index (χ2v) is 4.23. The van der Waals surface area contributed by atoms with E-state index < -0.39 is 24.0 Å². The molecule has 88 valence electrons. The number of carbonyl (C=O) groups is 2. The second kappa shape index (κ2) is 3.21. The molecular formula is C11H11N3O3. The zero-order valence-electron chi connectivity index (χ0n) is 8.91. The molecule has 6 nitrogen and oxygen atoms in total. The number of primary amides is 1. The molecule has 1 saturated heterocycles. The number of amides is 3. The van der Waals surface area contributed by atoms with Crippen LogP contribution in [0, 0.1) is 0 Å². The first kappa shape index (κ1) is 10.1. The predicted molar refractivity (Wildman–Crippen MR) is 56.8 cm³/mol. The highest BCUT2D eigenvalue weighted by Gasteiger charge is 2.49. The minimum absolute atomic E-state index is 0.292. The molecule has 0 spiro atoms. The minimum Gasteiger partial charge on any atom is -0.368 e. The van der Waals surface area contributed by atoms with Crippen LogP contribution >= 0.6 is 0 Å². The summed E-state index contributed by atoms with van der Waals surface area (Å²) < 4.78 is 0. The van der Waals surface area contributed by atoms with Crippen LogP contribution in [0.4, 0.5) is 4.79 Å². The average Bonchev–Trinajstić information content (AvgIpc) is 2.56. The highest BCUT2D eigenvalue weighted by molar-refractivity contribution is 5.89. The smallest absolute Gasteiger partial charge is 0.345 e. The van der Waals surface area contributed by atoms with E-state index in [0.717, 1.165) is 5.56 Å². The maximum atomic E-state index is 11.8. The Hall–Kier alpha value is -2.08.